The molecule has 0 unspecified atom stereocenters. The van der Waals surface area contributed by atoms with Gasteiger partial charge in [0.1, 0.15) is 5.75 Å². The van der Waals surface area contributed by atoms with Crippen molar-refractivity contribution >= 4 is 0 Å². The van der Waals surface area contributed by atoms with Crippen molar-refractivity contribution in [3.63, 3.8) is 0 Å². The molecule has 0 saturated carbocycles. The first-order valence-corrected chi connectivity index (χ1v) is 7.02. The summed E-state index contributed by atoms with van der Waals surface area (Å²) in [7, 11) is 1.63. The topological polar surface area (TPSA) is 60.1 Å². The van der Waals surface area contributed by atoms with E-state index >= 15 is 0 Å². The van der Waals surface area contributed by atoms with E-state index in [4.69, 9.17) is 14.7 Å². The van der Waals surface area contributed by atoms with Gasteiger partial charge in [0.05, 0.1) is 31.0 Å². The largest absolute Gasteiger partial charge is 0.496 e. The second-order valence-corrected chi connectivity index (χ2v) is 5.08. The number of benzene rings is 1. The van der Waals surface area contributed by atoms with Gasteiger partial charge >= 0.3 is 0 Å². The molecule has 1 aliphatic rings. The number of nitrogens with zero attached hydrogens (tertiary/aromatic N) is 3. The van der Waals surface area contributed by atoms with Gasteiger partial charge in [0, 0.05) is 30.5 Å². The summed E-state index contributed by atoms with van der Waals surface area (Å²) in [6.45, 7) is 1.57. The minimum absolute atomic E-state index is 0.387. The van der Waals surface area contributed by atoms with Crippen LogP contribution >= 0.6 is 0 Å². The van der Waals surface area contributed by atoms with Crippen LogP contribution < -0.4 is 4.74 Å². The highest BCUT2D eigenvalue weighted by Crippen LogP contribution is 2.32. The molecule has 5 heteroatoms. The number of nitriles is 1. The molecule has 0 aliphatic carbocycles. The fraction of sp³-hybridized carbons (Fsp3) is 0.375. The SMILES string of the molecule is COc1ccc(C#N)cc1-c1cnn(C2CCOCC2)c1. The van der Waals surface area contributed by atoms with Gasteiger partial charge in [-0.3, -0.25) is 4.68 Å². The van der Waals surface area contributed by atoms with Gasteiger partial charge in [-0.1, -0.05) is 0 Å². The lowest BCUT2D eigenvalue weighted by Crippen LogP contribution is -2.19. The Morgan fingerprint density at radius 1 is 1.38 bits per heavy atom. The van der Waals surface area contributed by atoms with Crippen LogP contribution in [0.25, 0.3) is 11.1 Å². The number of hydrogen-bond donors (Lipinski definition) is 0. The average Bonchev–Trinajstić information content (AvgIpc) is 3.05. The van der Waals surface area contributed by atoms with Crippen molar-refractivity contribution in [3.05, 3.63) is 36.2 Å². The first kappa shape index (κ1) is 13.7. The third kappa shape index (κ3) is 2.76. The molecule has 0 bridgehead atoms. The second kappa shape index (κ2) is 5.98. The third-order valence-corrected chi connectivity index (χ3v) is 3.81. The van der Waals surface area contributed by atoms with Gasteiger partial charge in [0.15, 0.2) is 0 Å². The molecular weight excluding hydrogens is 266 g/mol. The van der Waals surface area contributed by atoms with Gasteiger partial charge in [0.2, 0.25) is 0 Å². The molecule has 1 fully saturated rings. The van der Waals surface area contributed by atoms with Crippen molar-refractivity contribution in [2.75, 3.05) is 20.3 Å². The molecule has 2 aromatic rings. The molecule has 0 radical (unpaired) electrons. The Kier molecular flexibility index (Phi) is 3.89. The highest BCUT2D eigenvalue weighted by molar-refractivity contribution is 5.71. The molecule has 108 valence electrons. The minimum Gasteiger partial charge on any atom is -0.496 e. The summed E-state index contributed by atoms with van der Waals surface area (Å²) in [4.78, 5) is 0. The summed E-state index contributed by atoms with van der Waals surface area (Å²) in [6.07, 6.45) is 5.82. The Morgan fingerprint density at radius 3 is 2.90 bits per heavy atom. The van der Waals surface area contributed by atoms with E-state index in [0.29, 0.717) is 11.6 Å². The molecule has 1 aromatic heterocycles. The van der Waals surface area contributed by atoms with Crippen LogP contribution in [0.3, 0.4) is 0 Å². The van der Waals surface area contributed by atoms with Crippen LogP contribution in [0, 0.1) is 11.3 Å². The molecule has 21 heavy (non-hydrogen) atoms. The first-order chi connectivity index (χ1) is 10.3. The zero-order chi connectivity index (χ0) is 14.7. The fourth-order valence-corrected chi connectivity index (χ4v) is 2.63. The van der Waals surface area contributed by atoms with Gasteiger partial charge in [-0.05, 0) is 31.0 Å². The van der Waals surface area contributed by atoms with Crippen molar-refractivity contribution in [1.82, 2.24) is 9.78 Å². The number of aromatic nitrogens is 2. The third-order valence-electron chi connectivity index (χ3n) is 3.81. The predicted molar refractivity (Wildman–Crippen MR) is 78.0 cm³/mol. The van der Waals surface area contributed by atoms with Crippen LogP contribution in [-0.2, 0) is 4.74 Å². The van der Waals surface area contributed by atoms with E-state index in [2.05, 4.69) is 11.2 Å². The van der Waals surface area contributed by atoms with Crippen molar-refractivity contribution in [3.8, 4) is 22.9 Å². The van der Waals surface area contributed by atoms with E-state index in [1.165, 1.54) is 0 Å². The Labute approximate surface area is 123 Å². The molecule has 1 aliphatic heterocycles. The molecule has 0 spiro atoms. The Hall–Kier alpha value is -2.32. The van der Waals surface area contributed by atoms with Crippen LogP contribution in [0.4, 0.5) is 0 Å². The maximum absolute atomic E-state index is 9.06. The molecular formula is C16H17N3O2. The monoisotopic (exact) mass is 283 g/mol. The maximum atomic E-state index is 9.06. The lowest BCUT2D eigenvalue weighted by molar-refractivity contribution is 0.0662. The molecule has 1 aromatic carbocycles. The summed E-state index contributed by atoms with van der Waals surface area (Å²) in [5.41, 5.74) is 2.48. The summed E-state index contributed by atoms with van der Waals surface area (Å²) in [6, 6.07) is 7.96. The van der Waals surface area contributed by atoms with Gasteiger partial charge in [-0.2, -0.15) is 10.4 Å². The smallest absolute Gasteiger partial charge is 0.126 e. The van der Waals surface area contributed by atoms with Crippen LogP contribution in [0.1, 0.15) is 24.4 Å². The molecule has 1 saturated heterocycles. The van der Waals surface area contributed by atoms with Gasteiger partial charge in [-0.25, -0.2) is 0 Å². The summed E-state index contributed by atoms with van der Waals surface area (Å²) < 4.78 is 12.8. The van der Waals surface area contributed by atoms with Crippen molar-refractivity contribution in [1.29, 1.82) is 5.26 Å². The van der Waals surface area contributed by atoms with E-state index in [1.54, 1.807) is 13.2 Å². The van der Waals surface area contributed by atoms with E-state index in [-0.39, 0.29) is 0 Å². The standard InChI is InChI=1S/C16H17N3O2/c1-20-16-3-2-12(9-17)8-15(16)13-10-18-19(11-13)14-4-6-21-7-5-14/h2-3,8,10-11,14H,4-7H2,1H3. The van der Waals surface area contributed by atoms with Gasteiger partial charge in [-0.15, -0.1) is 0 Å². The highest BCUT2D eigenvalue weighted by Gasteiger charge is 2.17. The van der Waals surface area contributed by atoms with E-state index in [9.17, 15) is 0 Å². The molecule has 0 atom stereocenters. The van der Waals surface area contributed by atoms with Crippen molar-refractivity contribution < 1.29 is 9.47 Å². The van der Waals surface area contributed by atoms with E-state index in [1.807, 2.05) is 29.2 Å². The van der Waals surface area contributed by atoms with E-state index in [0.717, 1.165) is 42.9 Å². The molecule has 5 nitrogen and oxygen atoms in total. The quantitative estimate of drug-likeness (QED) is 0.869. The first-order valence-electron chi connectivity index (χ1n) is 7.02. The van der Waals surface area contributed by atoms with Crippen LogP contribution in [-0.4, -0.2) is 30.1 Å². The molecule has 0 N–H and O–H groups in total. The van der Waals surface area contributed by atoms with Crippen LogP contribution in [0.5, 0.6) is 5.75 Å². The lowest BCUT2D eigenvalue weighted by atomic mass is 10.1. The zero-order valence-electron chi connectivity index (χ0n) is 12.0. The number of hydrogen-bond acceptors (Lipinski definition) is 4. The normalized spacial score (nSPS) is 15.6. The summed E-state index contributed by atoms with van der Waals surface area (Å²) in [5.74, 6) is 0.750. The Morgan fingerprint density at radius 2 is 2.19 bits per heavy atom. The minimum atomic E-state index is 0.387. The number of methoxy groups -OCH3 is 1. The summed E-state index contributed by atoms with van der Waals surface area (Å²) >= 11 is 0. The Balaban J connectivity index is 1.93. The van der Waals surface area contributed by atoms with E-state index < -0.39 is 0 Å². The lowest BCUT2D eigenvalue weighted by Gasteiger charge is -2.22. The van der Waals surface area contributed by atoms with Crippen molar-refractivity contribution in [2.24, 2.45) is 0 Å². The molecule has 3 rings (SSSR count). The van der Waals surface area contributed by atoms with Crippen molar-refractivity contribution in [2.45, 2.75) is 18.9 Å². The summed E-state index contributed by atoms with van der Waals surface area (Å²) in [5, 5.41) is 13.5. The van der Waals surface area contributed by atoms with Gasteiger partial charge < -0.3 is 9.47 Å². The average molecular weight is 283 g/mol. The van der Waals surface area contributed by atoms with Gasteiger partial charge in [0.25, 0.3) is 0 Å². The fourth-order valence-electron chi connectivity index (χ4n) is 2.63. The van der Waals surface area contributed by atoms with Crippen LogP contribution in [0.2, 0.25) is 0 Å². The molecule has 2 heterocycles. The molecule has 0 amide bonds. The number of rotatable bonds is 3. The van der Waals surface area contributed by atoms with Crippen LogP contribution in [0.15, 0.2) is 30.6 Å². The number of ether oxygens (including phenoxy) is 2. The Bertz CT molecular complexity index is 666. The zero-order valence-corrected chi connectivity index (χ0v) is 12.0. The maximum Gasteiger partial charge on any atom is 0.126 e. The highest BCUT2D eigenvalue weighted by atomic mass is 16.5. The predicted octanol–water partition coefficient (Wildman–Crippen LogP) is 2.78. The second-order valence-electron chi connectivity index (χ2n) is 5.08.